The van der Waals surface area contributed by atoms with E-state index in [1.807, 2.05) is 13.0 Å². The van der Waals surface area contributed by atoms with Gasteiger partial charge in [0.15, 0.2) is 0 Å². The summed E-state index contributed by atoms with van der Waals surface area (Å²) in [6.07, 6.45) is -0.513. The Labute approximate surface area is 93.0 Å². The summed E-state index contributed by atoms with van der Waals surface area (Å²) < 4.78 is 4.70. The quantitative estimate of drug-likeness (QED) is 0.811. The number of carbonyl (C=O) groups excluding carboxylic acids is 2. The van der Waals surface area contributed by atoms with Crippen LogP contribution in [0, 0.1) is 6.92 Å². The number of carbonyl (C=O) groups is 2. The first kappa shape index (κ1) is 10.5. The zero-order valence-corrected chi connectivity index (χ0v) is 8.90. The third-order valence-electron chi connectivity index (χ3n) is 2.28. The van der Waals surface area contributed by atoms with Crippen molar-refractivity contribution in [3.05, 3.63) is 35.4 Å². The minimum absolute atomic E-state index is 0.303. The van der Waals surface area contributed by atoms with Crippen molar-refractivity contribution in [3.63, 3.8) is 0 Å². The molecule has 1 aliphatic rings. The molecular weight excluding hydrogens is 208 g/mol. The Hall–Kier alpha value is -2.04. The Bertz CT molecular complexity index is 431. The third-order valence-corrected chi connectivity index (χ3v) is 2.28. The molecule has 0 spiro atoms. The number of hydrogen-bond acceptors (Lipinski definition) is 3. The molecule has 0 aliphatic carbocycles. The van der Waals surface area contributed by atoms with Gasteiger partial charge in [-0.15, -0.1) is 0 Å². The average molecular weight is 220 g/mol. The number of ether oxygens (including phenoxy) is 1. The van der Waals surface area contributed by atoms with Crippen molar-refractivity contribution < 1.29 is 14.3 Å². The lowest BCUT2D eigenvalue weighted by atomic mass is 10.1. The van der Waals surface area contributed by atoms with Crippen LogP contribution in [0.2, 0.25) is 0 Å². The third kappa shape index (κ3) is 2.13. The standard InChI is InChI=1S/C11H12N2O3/c1-8-3-2-4-9(7-8)10(14)12-13-5-6-16-11(13)15/h2-4,7H,5-6H2,1H3,(H,12,14). The molecule has 1 fully saturated rings. The number of hydrazine groups is 1. The Balaban J connectivity index is 2.05. The summed E-state index contributed by atoms with van der Waals surface area (Å²) in [5, 5.41) is 1.17. The highest BCUT2D eigenvalue weighted by molar-refractivity contribution is 5.95. The number of cyclic esters (lactones) is 1. The van der Waals surface area contributed by atoms with Gasteiger partial charge in [0.25, 0.3) is 5.91 Å². The van der Waals surface area contributed by atoms with Crippen molar-refractivity contribution in [2.45, 2.75) is 6.92 Å². The van der Waals surface area contributed by atoms with Gasteiger partial charge in [-0.05, 0) is 19.1 Å². The number of amides is 2. The lowest BCUT2D eigenvalue weighted by molar-refractivity contribution is 0.0831. The molecule has 16 heavy (non-hydrogen) atoms. The van der Waals surface area contributed by atoms with E-state index in [-0.39, 0.29) is 5.91 Å². The van der Waals surface area contributed by atoms with Crippen LogP contribution in [-0.4, -0.2) is 30.2 Å². The molecule has 0 aromatic heterocycles. The van der Waals surface area contributed by atoms with Gasteiger partial charge in [0.1, 0.15) is 6.61 Å². The van der Waals surface area contributed by atoms with E-state index in [1.165, 1.54) is 5.01 Å². The Kier molecular flexibility index (Phi) is 2.76. The van der Waals surface area contributed by atoms with Crippen LogP contribution in [0.1, 0.15) is 15.9 Å². The largest absolute Gasteiger partial charge is 0.446 e. The van der Waals surface area contributed by atoms with Crippen LogP contribution in [-0.2, 0) is 4.74 Å². The van der Waals surface area contributed by atoms with Crippen LogP contribution in [0.3, 0.4) is 0 Å². The first-order valence-corrected chi connectivity index (χ1v) is 4.99. The number of hydrogen-bond donors (Lipinski definition) is 1. The predicted molar refractivity (Wildman–Crippen MR) is 56.7 cm³/mol. The molecule has 84 valence electrons. The van der Waals surface area contributed by atoms with Gasteiger partial charge in [0.05, 0.1) is 6.54 Å². The second-order valence-corrected chi connectivity index (χ2v) is 3.58. The molecule has 0 atom stereocenters. The topological polar surface area (TPSA) is 58.6 Å². The molecule has 2 amide bonds. The number of nitrogens with one attached hydrogen (secondary N) is 1. The lowest BCUT2D eigenvalue weighted by Gasteiger charge is -2.13. The summed E-state index contributed by atoms with van der Waals surface area (Å²) in [6.45, 7) is 2.60. The SMILES string of the molecule is Cc1cccc(C(=O)NN2CCOC2=O)c1. The maximum Gasteiger partial charge on any atom is 0.428 e. The first-order chi connectivity index (χ1) is 7.66. The normalized spacial score (nSPS) is 14.8. The molecule has 1 aromatic rings. The molecule has 1 saturated heterocycles. The van der Waals surface area contributed by atoms with Crippen LogP contribution in [0.5, 0.6) is 0 Å². The fourth-order valence-corrected chi connectivity index (χ4v) is 1.47. The van der Waals surface area contributed by atoms with Gasteiger partial charge in [0.2, 0.25) is 0 Å². The Morgan fingerprint density at radius 2 is 2.31 bits per heavy atom. The van der Waals surface area contributed by atoms with Crippen LogP contribution in [0.4, 0.5) is 4.79 Å². The predicted octanol–water partition coefficient (Wildman–Crippen LogP) is 1.09. The fourth-order valence-electron chi connectivity index (χ4n) is 1.47. The monoisotopic (exact) mass is 220 g/mol. The summed E-state index contributed by atoms with van der Waals surface area (Å²) >= 11 is 0. The Morgan fingerprint density at radius 3 is 2.94 bits per heavy atom. The molecule has 1 N–H and O–H groups in total. The van der Waals surface area contributed by atoms with E-state index in [1.54, 1.807) is 18.2 Å². The van der Waals surface area contributed by atoms with Crippen molar-refractivity contribution in [2.75, 3.05) is 13.2 Å². The number of benzene rings is 1. The summed E-state index contributed by atoms with van der Waals surface area (Å²) in [5.74, 6) is -0.303. The van der Waals surface area contributed by atoms with E-state index in [2.05, 4.69) is 5.43 Å². The zero-order chi connectivity index (χ0) is 11.5. The minimum Gasteiger partial charge on any atom is -0.446 e. The molecular formula is C11H12N2O3. The van der Waals surface area contributed by atoms with E-state index in [0.29, 0.717) is 18.7 Å². The maximum atomic E-state index is 11.7. The second-order valence-electron chi connectivity index (χ2n) is 3.58. The number of rotatable bonds is 2. The van der Waals surface area contributed by atoms with Gasteiger partial charge in [-0.2, -0.15) is 0 Å². The van der Waals surface area contributed by atoms with Gasteiger partial charge in [-0.1, -0.05) is 17.7 Å². The molecule has 0 saturated carbocycles. The van der Waals surface area contributed by atoms with E-state index >= 15 is 0 Å². The van der Waals surface area contributed by atoms with Crippen LogP contribution >= 0.6 is 0 Å². The molecule has 0 bridgehead atoms. The smallest absolute Gasteiger partial charge is 0.428 e. The van der Waals surface area contributed by atoms with Crippen LogP contribution < -0.4 is 5.43 Å². The molecule has 2 rings (SSSR count). The molecule has 5 nitrogen and oxygen atoms in total. The highest BCUT2D eigenvalue weighted by Gasteiger charge is 2.23. The second kappa shape index (κ2) is 4.22. The zero-order valence-electron chi connectivity index (χ0n) is 8.90. The van der Waals surface area contributed by atoms with Gasteiger partial charge >= 0.3 is 6.09 Å². The molecule has 0 unspecified atom stereocenters. The van der Waals surface area contributed by atoms with Gasteiger partial charge < -0.3 is 4.74 Å². The van der Waals surface area contributed by atoms with Crippen LogP contribution in [0.25, 0.3) is 0 Å². The van der Waals surface area contributed by atoms with Crippen molar-refractivity contribution >= 4 is 12.0 Å². The molecule has 1 aromatic carbocycles. The van der Waals surface area contributed by atoms with Crippen molar-refractivity contribution in [1.82, 2.24) is 10.4 Å². The maximum absolute atomic E-state index is 11.7. The van der Waals surface area contributed by atoms with Gasteiger partial charge in [-0.3, -0.25) is 10.2 Å². The first-order valence-electron chi connectivity index (χ1n) is 4.99. The van der Waals surface area contributed by atoms with Crippen molar-refractivity contribution in [3.8, 4) is 0 Å². The van der Waals surface area contributed by atoms with Crippen molar-refractivity contribution in [2.24, 2.45) is 0 Å². The van der Waals surface area contributed by atoms with E-state index in [4.69, 9.17) is 4.74 Å². The highest BCUT2D eigenvalue weighted by atomic mass is 16.6. The summed E-state index contributed by atoms with van der Waals surface area (Å²) in [7, 11) is 0. The van der Waals surface area contributed by atoms with E-state index in [0.717, 1.165) is 5.56 Å². The lowest BCUT2D eigenvalue weighted by Crippen LogP contribution is -2.42. The summed E-state index contributed by atoms with van der Waals surface area (Å²) in [5.41, 5.74) is 4.02. The Morgan fingerprint density at radius 1 is 1.50 bits per heavy atom. The molecule has 5 heteroatoms. The van der Waals surface area contributed by atoms with Gasteiger partial charge in [-0.25, -0.2) is 9.80 Å². The highest BCUT2D eigenvalue weighted by Crippen LogP contribution is 2.05. The number of aryl methyl sites for hydroxylation is 1. The fraction of sp³-hybridized carbons (Fsp3) is 0.273. The number of nitrogens with zero attached hydrogens (tertiary/aromatic N) is 1. The average Bonchev–Trinajstić information content (AvgIpc) is 2.64. The molecule has 1 heterocycles. The van der Waals surface area contributed by atoms with E-state index < -0.39 is 6.09 Å². The molecule has 0 radical (unpaired) electrons. The summed E-state index contributed by atoms with van der Waals surface area (Å²) in [4.78, 5) is 22.8. The molecule has 1 aliphatic heterocycles. The minimum atomic E-state index is -0.513. The summed E-state index contributed by atoms with van der Waals surface area (Å²) in [6, 6.07) is 7.16. The van der Waals surface area contributed by atoms with Gasteiger partial charge in [0, 0.05) is 5.56 Å². The van der Waals surface area contributed by atoms with E-state index in [9.17, 15) is 9.59 Å². The van der Waals surface area contributed by atoms with Crippen molar-refractivity contribution in [1.29, 1.82) is 0 Å². The van der Waals surface area contributed by atoms with Crippen LogP contribution in [0.15, 0.2) is 24.3 Å².